The van der Waals surface area contributed by atoms with Crippen molar-refractivity contribution in [3.05, 3.63) is 16.7 Å². The van der Waals surface area contributed by atoms with Crippen LogP contribution in [-0.4, -0.2) is 73.2 Å². The molecule has 3 aliphatic rings. The molecule has 33 heavy (non-hydrogen) atoms. The number of aromatic nitrogens is 4. The van der Waals surface area contributed by atoms with Crippen LogP contribution in [0.15, 0.2) is 11.1 Å². The van der Waals surface area contributed by atoms with Crippen molar-refractivity contribution < 1.29 is 14.4 Å². The molecule has 1 saturated carbocycles. The molecule has 2 N–H and O–H groups in total. The molecule has 0 radical (unpaired) electrons. The SMILES string of the molecule is Cn1cnc2nc(NCC34CCCCC3CN(C(=O)CCN3C(=O)CCC3=O)C4)[nH]c(=O)c21. The predicted octanol–water partition coefficient (Wildman–Crippen LogP) is 0.626. The number of amides is 3. The number of hydrogen-bond donors (Lipinski definition) is 2. The highest BCUT2D eigenvalue weighted by Crippen LogP contribution is 2.46. The first-order chi connectivity index (χ1) is 15.9. The average Bonchev–Trinajstić information content (AvgIpc) is 3.46. The van der Waals surface area contributed by atoms with E-state index in [9.17, 15) is 19.2 Å². The number of nitrogens with one attached hydrogen (secondary N) is 2. The van der Waals surface area contributed by atoms with Gasteiger partial charge in [-0.3, -0.25) is 29.1 Å². The van der Waals surface area contributed by atoms with Gasteiger partial charge in [0, 0.05) is 57.9 Å². The van der Waals surface area contributed by atoms with Crippen molar-refractivity contribution in [1.29, 1.82) is 0 Å². The van der Waals surface area contributed by atoms with Gasteiger partial charge < -0.3 is 14.8 Å². The fourth-order valence-corrected chi connectivity index (χ4v) is 5.70. The molecular weight excluding hydrogens is 426 g/mol. The third-order valence-electron chi connectivity index (χ3n) is 7.54. The van der Waals surface area contributed by atoms with Gasteiger partial charge in [-0.15, -0.1) is 0 Å². The molecule has 2 unspecified atom stereocenters. The maximum absolute atomic E-state index is 13.0. The van der Waals surface area contributed by atoms with Gasteiger partial charge in [-0.1, -0.05) is 12.8 Å². The second kappa shape index (κ2) is 8.27. The van der Waals surface area contributed by atoms with Crippen molar-refractivity contribution in [2.45, 2.75) is 44.9 Å². The summed E-state index contributed by atoms with van der Waals surface area (Å²) >= 11 is 0. The van der Waals surface area contributed by atoms with E-state index < -0.39 is 0 Å². The quantitative estimate of drug-likeness (QED) is 0.610. The number of likely N-dealkylation sites (tertiary alicyclic amines) is 2. The largest absolute Gasteiger partial charge is 0.355 e. The molecule has 3 amide bonds. The summed E-state index contributed by atoms with van der Waals surface area (Å²) in [6.45, 7) is 2.08. The van der Waals surface area contributed by atoms with Crippen LogP contribution in [0.3, 0.4) is 0 Å². The van der Waals surface area contributed by atoms with Crippen LogP contribution in [-0.2, 0) is 21.4 Å². The summed E-state index contributed by atoms with van der Waals surface area (Å²) in [7, 11) is 1.75. The number of aryl methyl sites for hydroxylation is 1. The number of carbonyl (C=O) groups is 3. The lowest BCUT2D eigenvalue weighted by atomic mass is 9.68. The molecule has 2 atom stereocenters. The van der Waals surface area contributed by atoms with Crippen LogP contribution in [0.4, 0.5) is 5.95 Å². The minimum absolute atomic E-state index is 0.0160. The maximum atomic E-state index is 13.0. The highest BCUT2D eigenvalue weighted by atomic mass is 16.2. The summed E-state index contributed by atoms with van der Waals surface area (Å²) in [6, 6.07) is 0. The molecule has 3 fully saturated rings. The van der Waals surface area contributed by atoms with E-state index in [4.69, 9.17) is 0 Å². The molecule has 2 saturated heterocycles. The Labute approximate surface area is 190 Å². The molecule has 2 aromatic heterocycles. The van der Waals surface area contributed by atoms with Crippen LogP contribution in [0.5, 0.6) is 0 Å². The number of anilines is 1. The van der Waals surface area contributed by atoms with Crippen molar-refractivity contribution in [3.63, 3.8) is 0 Å². The van der Waals surface area contributed by atoms with Crippen LogP contribution in [0, 0.1) is 11.3 Å². The van der Waals surface area contributed by atoms with Crippen LogP contribution in [0.25, 0.3) is 11.2 Å². The zero-order valence-corrected chi connectivity index (χ0v) is 18.8. The Morgan fingerprint density at radius 1 is 1.24 bits per heavy atom. The first kappa shape index (κ1) is 21.6. The number of imidazole rings is 1. The molecule has 11 heteroatoms. The molecule has 4 heterocycles. The summed E-state index contributed by atoms with van der Waals surface area (Å²) < 4.78 is 1.64. The third-order valence-corrected chi connectivity index (χ3v) is 7.54. The fraction of sp³-hybridized carbons (Fsp3) is 0.636. The maximum Gasteiger partial charge on any atom is 0.278 e. The Morgan fingerprint density at radius 3 is 2.82 bits per heavy atom. The van der Waals surface area contributed by atoms with Crippen LogP contribution in [0.1, 0.15) is 44.9 Å². The van der Waals surface area contributed by atoms with Gasteiger partial charge in [0.05, 0.1) is 6.33 Å². The van der Waals surface area contributed by atoms with Crippen LogP contribution >= 0.6 is 0 Å². The normalized spacial score (nSPS) is 25.2. The van der Waals surface area contributed by atoms with Crippen molar-refractivity contribution in [2.24, 2.45) is 18.4 Å². The number of fused-ring (bicyclic) bond motifs is 2. The molecular formula is C22H29N7O4. The Morgan fingerprint density at radius 2 is 2.03 bits per heavy atom. The molecule has 0 spiro atoms. The number of aromatic amines is 1. The van der Waals surface area contributed by atoms with E-state index in [-0.39, 0.29) is 54.5 Å². The molecule has 1 aliphatic carbocycles. The van der Waals surface area contributed by atoms with Gasteiger partial charge in [0.25, 0.3) is 5.56 Å². The lowest BCUT2D eigenvalue weighted by Gasteiger charge is -2.38. The predicted molar refractivity (Wildman–Crippen MR) is 119 cm³/mol. The average molecular weight is 456 g/mol. The number of rotatable bonds is 6. The summed E-state index contributed by atoms with van der Waals surface area (Å²) in [5, 5.41) is 3.32. The number of carbonyl (C=O) groups excluding carboxylic acids is 3. The van der Waals surface area contributed by atoms with E-state index in [0.717, 1.165) is 25.7 Å². The minimum atomic E-state index is -0.241. The zero-order chi connectivity index (χ0) is 23.2. The molecule has 0 bridgehead atoms. The van der Waals surface area contributed by atoms with Gasteiger partial charge in [0.2, 0.25) is 23.7 Å². The van der Waals surface area contributed by atoms with Gasteiger partial charge in [-0.2, -0.15) is 4.98 Å². The summed E-state index contributed by atoms with van der Waals surface area (Å²) in [4.78, 5) is 63.6. The highest BCUT2D eigenvalue weighted by molar-refractivity contribution is 6.02. The Kier molecular flexibility index (Phi) is 5.41. The smallest absolute Gasteiger partial charge is 0.278 e. The van der Waals surface area contributed by atoms with Crippen molar-refractivity contribution in [1.82, 2.24) is 29.3 Å². The van der Waals surface area contributed by atoms with E-state index in [1.807, 2.05) is 4.90 Å². The number of nitrogens with zero attached hydrogens (tertiary/aromatic N) is 5. The van der Waals surface area contributed by atoms with Crippen molar-refractivity contribution >= 4 is 34.8 Å². The van der Waals surface area contributed by atoms with Gasteiger partial charge >= 0.3 is 0 Å². The highest BCUT2D eigenvalue weighted by Gasteiger charge is 2.48. The number of imide groups is 1. The lowest BCUT2D eigenvalue weighted by Crippen LogP contribution is -2.41. The standard InChI is InChI=1S/C22H29N7O4/c1-27-13-24-19-18(27)20(33)26-21(25-19)23-11-22-8-3-2-4-14(22)10-28(12-22)15(30)7-9-29-16(31)5-6-17(29)32/h13-14H,2-12H2,1H3,(H2,23,25,26,33). The second-order valence-electron chi connectivity index (χ2n) is 9.56. The summed E-state index contributed by atoms with van der Waals surface area (Å²) in [5.74, 6) is 0.367. The van der Waals surface area contributed by atoms with E-state index >= 15 is 0 Å². The first-order valence-electron chi connectivity index (χ1n) is 11.6. The summed E-state index contributed by atoms with van der Waals surface area (Å²) in [5.41, 5.74) is 0.497. The molecule has 0 aromatic carbocycles. The van der Waals surface area contributed by atoms with E-state index in [2.05, 4.69) is 20.3 Å². The van der Waals surface area contributed by atoms with Gasteiger partial charge in [-0.25, -0.2) is 4.98 Å². The van der Waals surface area contributed by atoms with Gasteiger partial charge in [0.15, 0.2) is 11.2 Å². The van der Waals surface area contributed by atoms with Crippen LogP contribution in [0.2, 0.25) is 0 Å². The Hall–Kier alpha value is -3.24. The summed E-state index contributed by atoms with van der Waals surface area (Å²) in [6.07, 6.45) is 6.50. The Balaban J connectivity index is 1.26. The molecule has 5 rings (SSSR count). The molecule has 11 nitrogen and oxygen atoms in total. The van der Waals surface area contributed by atoms with Crippen molar-refractivity contribution in [2.75, 3.05) is 31.5 Å². The van der Waals surface area contributed by atoms with Gasteiger partial charge in [0.1, 0.15) is 0 Å². The zero-order valence-electron chi connectivity index (χ0n) is 18.8. The minimum Gasteiger partial charge on any atom is -0.355 e. The van der Waals surface area contributed by atoms with Gasteiger partial charge in [-0.05, 0) is 18.8 Å². The van der Waals surface area contributed by atoms with E-state index in [0.29, 0.717) is 42.7 Å². The van der Waals surface area contributed by atoms with E-state index in [1.165, 1.54) is 4.90 Å². The number of hydrogen-bond acceptors (Lipinski definition) is 7. The molecule has 176 valence electrons. The number of H-pyrrole nitrogens is 1. The monoisotopic (exact) mass is 455 g/mol. The fourth-order valence-electron chi connectivity index (χ4n) is 5.70. The molecule has 2 aliphatic heterocycles. The van der Waals surface area contributed by atoms with Crippen LogP contribution < -0.4 is 10.9 Å². The molecule has 2 aromatic rings. The van der Waals surface area contributed by atoms with Crippen molar-refractivity contribution in [3.8, 4) is 0 Å². The van der Waals surface area contributed by atoms with E-state index in [1.54, 1.807) is 17.9 Å². The first-order valence-corrected chi connectivity index (χ1v) is 11.6. The topological polar surface area (TPSA) is 133 Å². The third kappa shape index (κ3) is 3.89. The second-order valence-corrected chi connectivity index (χ2v) is 9.56. The Bertz CT molecular complexity index is 1160. The lowest BCUT2D eigenvalue weighted by molar-refractivity contribution is -0.139.